The quantitative estimate of drug-likeness (QED) is 0.816. The Labute approximate surface area is 103 Å². The van der Waals surface area contributed by atoms with Crippen molar-refractivity contribution in [2.45, 2.75) is 13.1 Å². The van der Waals surface area contributed by atoms with Crippen molar-refractivity contribution < 1.29 is 0 Å². The van der Waals surface area contributed by atoms with E-state index >= 15 is 0 Å². The van der Waals surface area contributed by atoms with Crippen molar-refractivity contribution in [2.75, 3.05) is 0 Å². The molecule has 0 radical (unpaired) electrons. The van der Waals surface area contributed by atoms with Crippen LogP contribution in [0.15, 0.2) is 61.2 Å². The Hall–Kier alpha value is -1.86. The van der Waals surface area contributed by atoms with Gasteiger partial charge in [0.15, 0.2) is 0 Å². The summed E-state index contributed by atoms with van der Waals surface area (Å²) in [7, 11) is 0. The van der Waals surface area contributed by atoms with Crippen LogP contribution in [-0.4, -0.2) is 0 Å². The number of hydrogen-bond donors (Lipinski definition) is 1. The van der Waals surface area contributed by atoms with Gasteiger partial charge in [0.05, 0.1) is 0 Å². The van der Waals surface area contributed by atoms with Crippen LogP contribution < -0.4 is 5.32 Å². The molecule has 0 aliphatic carbocycles. The molecule has 86 valence electrons. The molecule has 17 heavy (non-hydrogen) atoms. The van der Waals surface area contributed by atoms with Gasteiger partial charge < -0.3 is 5.32 Å². The highest BCUT2D eigenvalue weighted by Crippen LogP contribution is 2.05. The summed E-state index contributed by atoms with van der Waals surface area (Å²) in [5.74, 6) is 0. The molecule has 0 heterocycles. The van der Waals surface area contributed by atoms with Gasteiger partial charge in [-0.3, -0.25) is 0 Å². The summed E-state index contributed by atoms with van der Waals surface area (Å²) in [6, 6.07) is 18.9. The molecule has 0 aliphatic heterocycles. The number of hydrogen-bond acceptors (Lipinski definition) is 1. The van der Waals surface area contributed by atoms with Crippen LogP contribution >= 0.6 is 0 Å². The largest absolute Gasteiger partial charge is 0.309 e. The molecule has 0 atom stereocenters. The van der Waals surface area contributed by atoms with E-state index in [4.69, 9.17) is 0 Å². The Balaban J connectivity index is 1.84. The zero-order chi connectivity index (χ0) is 11.9. The van der Waals surface area contributed by atoms with Crippen molar-refractivity contribution in [1.82, 2.24) is 5.32 Å². The van der Waals surface area contributed by atoms with E-state index in [2.05, 4.69) is 60.4 Å². The molecule has 0 unspecified atom stereocenters. The standard InChI is InChI=1S/C16H17N/c1-2-14-8-10-16(11-9-14)13-17-12-15-6-4-3-5-7-15/h2-11,17H,1,12-13H2. The molecule has 2 aromatic carbocycles. The van der Waals surface area contributed by atoms with Gasteiger partial charge in [-0.1, -0.05) is 67.3 Å². The molecule has 0 fully saturated rings. The molecular formula is C16H17N. The monoisotopic (exact) mass is 223 g/mol. The van der Waals surface area contributed by atoms with Gasteiger partial charge in [-0.25, -0.2) is 0 Å². The zero-order valence-electron chi connectivity index (χ0n) is 9.89. The fourth-order valence-electron chi connectivity index (χ4n) is 1.72. The molecular weight excluding hydrogens is 206 g/mol. The summed E-state index contributed by atoms with van der Waals surface area (Å²) < 4.78 is 0. The topological polar surface area (TPSA) is 12.0 Å². The van der Waals surface area contributed by atoms with Crippen molar-refractivity contribution in [3.8, 4) is 0 Å². The molecule has 0 bridgehead atoms. The summed E-state index contributed by atoms with van der Waals surface area (Å²) in [6.07, 6.45) is 1.86. The minimum atomic E-state index is 0.895. The van der Waals surface area contributed by atoms with E-state index in [1.165, 1.54) is 11.1 Å². The van der Waals surface area contributed by atoms with Crippen LogP contribution in [0.2, 0.25) is 0 Å². The molecule has 1 heteroatoms. The summed E-state index contributed by atoms with van der Waals surface area (Å²) >= 11 is 0. The van der Waals surface area contributed by atoms with Crippen LogP contribution in [0.1, 0.15) is 16.7 Å². The first-order chi connectivity index (χ1) is 8.38. The molecule has 2 rings (SSSR count). The Morgan fingerprint density at radius 1 is 0.824 bits per heavy atom. The average Bonchev–Trinajstić information content (AvgIpc) is 2.41. The van der Waals surface area contributed by atoms with Gasteiger partial charge in [-0.15, -0.1) is 0 Å². The lowest BCUT2D eigenvalue weighted by Crippen LogP contribution is -2.12. The second-order valence-electron chi connectivity index (χ2n) is 4.03. The van der Waals surface area contributed by atoms with Gasteiger partial charge >= 0.3 is 0 Å². The molecule has 0 aliphatic rings. The highest BCUT2D eigenvalue weighted by molar-refractivity contribution is 5.47. The van der Waals surface area contributed by atoms with Gasteiger partial charge in [-0.2, -0.15) is 0 Å². The first-order valence-electron chi connectivity index (χ1n) is 5.84. The Kier molecular flexibility index (Phi) is 4.11. The van der Waals surface area contributed by atoms with Crippen LogP contribution in [0, 0.1) is 0 Å². The van der Waals surface area contributed by atoms with E-state index in [1.807, 2.05) is 12.1 Å². The SMILES string of the molecule is C=Cc1ccc(CNCc2ccccc2)cc1. The zero-order valence-corrected chi connectivity index (χ0v) is 9.89. The predicted octanol–water partition coefficient (Wildman–Crippen LogP) is 3.62. The lowest BCUT2D eigenvalue weighted by atomic mass is 10.1. The van der Waals surface area contributed by atoms with Crippen molar-refractivity contribution in [3.63, 3.8) is 0 Å². The maximum absolute atomic E-state index is 3.75. The number of rotatable bonds is 5. The van der Waals surface area contributed by atoms with E-state index in [9.17, 15) is 0 Å². The lowest BCUT2D eigenvalue weighted by Gasteiger charge is -2.05. The molecule has 2 aromatic rings. The van der Waals surface area contributed by atoms with Crippen LogP contribution in [0.3, 0.4) is 0 Å². The molecule has 0 amide bonds. The predicted molar refractivity (Wildman–Crippen MR) is 73.5 cm³/mol. The maximum atomic E-state index is 3.75. The third-order valence-electron chi connectivity index (χ3n) is 2.72. The van der Waals surface area contributed by atoms with E-state index < -0.39 is 0 Å². The van der Waals surface area contributed by atoms with Crippen molar-refractivity contribution in [3.05, 3.63) is 77.9 Å². The number of benzene rings is 2. The summed E-state index contributed by atoms with van der Waals surface area (Å²) in [5, 5.41) is 3.43. The van der Waals surface area contributed by atoms with Gasteiger partial charge in [-0.05, 0) is 16.7 Å². The Morgan fingerprint density at radius 2 is 1.41 bits per heavy atom. The molecule has 1 nitrogen and oxygen atoms in total. The molecule has 0 spiro atoms. The molecule has 0 saturated carbocycles. The lowest BCUT2D eigenvalue weighted by molar-refractivity contribution is 0.693. The van der Waals surface area contributed by atoms with Crippen molar-refractivity contribution >= 4 is 6.08 Å². The molecule has 0 saturated heterocycles. The first kappa shape index (κ1) is 11.6. The summed E-state index contributed by atoms with van der Waals surface area (Å²) in [6.45, 7) is 5.55. The third kappa shape index (κ3) is 3.58. The van der Waals surface area contributed by atoms with Crippen LogP contribution in [0.4, 0.5) is 0 Å². The van der Waals surface area contributed by atoms with Gasteiger partial charge in [0.25, 0.3) is 0 Å². The third-order valence-corrected chi connectivity index (χ3v) is 2.72. The van der Waals surface area contributed by atoms with Crippen molar-refractivity contribution in [1.29, 1.82) is 0 Å². The average molecular weight is 223 g/mol. The minimum absolute atomic E-state index is 0.895. The van der Waals surface area contributed by atoms with Crippen LogP contribution in [0.5, 0.6) is 0 Å². The smallest absolute Gasteiger partial charge is 0.0208 e. The molecule has 0 aromatic heterocycles. The molecule has 1 N–H and O–H groups in total. The number of nitrogens with one attached hydrogen (secondary N) is 1. The van der Waals surface area contributed by atoms with E-state index in [1.54, 1.807) is 0 Å². The maximum Gasteiger partial charge on any atom is 0.0208 e. The fraction of sp³-hybridized carbons (Fsp3) is 0.125. The normalized spacial score (nSPS) is 10.1. The minimum Gasteiger partial charge on any atom is -0.309 e. The van der Waals surface area contributed by atoms with Gasteiger partial charge in [0, 0.05) is 13.1 Å². The van der Waals surface area contributed by atoms with Gasteiger partial charge in [0.1, 0.15) is 0 Å². The summed E-state index contributed by atoms with van der Waals surface area (Å²) in [5.41, 5.74) is 3.78. The Morgan fingerprint density at radius 3 is 2.00 bits per heavy atom. The van der Waals surface area contributed by atoms with Crippen LogP contribution in [-0.2, 0) is 13.1 Å². The van der Waals surface area contributed by atoms with E-state index in [0.717, 1.165) is 18.7 Å². The van der Waals surface area contributed by atoms with Gasteiger partial charge in [0.2, 0.25) is 0 Å². The Bertz CT molecular complexity index is 457. The highest BCUT2D eigenvalue weighted by atomic mass is 14.8. The fourth-order valence-corrected chi connectivity index (χ4v) is 1.72. The highest BCUT2D eigenvalue weighted by Gasteiger charge is 1.93. The summed E-state index contributed by atoms with van der Waals surface area (Å²) in [4.78, 5) is 0. The van der Waals surface area contributed by atoms with Crippen molar-refractivity contribution in [2.24, 2.45) is 0 Å². The van der Waals surface area contributed by atoms with Crippen LogP contribution in [0.25, 0.3) is 6.08 Å². The van der Waals surface area contributed by atoms with E-state index in [0.29, 0.717) is 0 Å². The van der Waals surface area contributed by atoms with E-state index in [-0.39, 0.29) is 0 Å². The second kappa shape index (κ2) is 6.02. The second-order valence-corrected chi connectivity index (χ2v) is 4.03. The first-order valence-corrected chi connectivity index (χ1v) is 5.84.